The van der Waals surface area contributed by atoms with Crippen LogP contribution in [0.5, 0.6) is 0 Å². The van der Waals surface area contributed by atoms with E-state index in [-0.39, 0.29) is 5.69 Å². The van der Waals surface area contributed by atoms with Gasteiger partial charge in [0.05, 0.1) is 5.69 Å². The molecular formula is C10H13BrF2N2. The van der Waals surface area contributed by atoms with Crippen molar-refractivity contribution in [2.45, 2.75) is 0 Å². The van der Waals surface area contributed by atoms with Gasteiger partial charge in [0.1, 0.15) is 0 Å². The van der Waals surface area contributed by atoms with E-state index in [1.165, 1.54) is 6.07 Å². The van der Waals surface area contributed by atoms with Gasteiger partial charge in [0, 0.05) is 17.6 Å². The van der Waals surface area contributed by atoms with Gasteiger partial charge in [-0.15, -0.1) is 0 Å². The second-order valence-electron chi connectivity index (χ2n) is 3.48. The Morgan fingerprint density at radius 1 is 1.33 bits per heavy atom. The molecule has 0 bridgehead atoms. The van der Waals surface area contributed by atoms with Crippen molar-refractivity contribution in [3.05, 3.63) is 28.2 Å². The van der Waals surface area contributed by atoms with E-state index >= 15 is 0 Å². The van der Waals surface area contributed by atoms with Crippen molar-refractivity contribution in [1.29, 1.82) is 0 Å². The zero-order chi connectivity index (χ0) is 11.4. The van der Waals surface area contributed by atoms with Crippen molar-refractivity contribution in [2.24, 2.45) is 0 Å². The van der Waals surface area contributed by atoms with Crippen molar-refractivity contribution in [3.63, 3.8) is 0 Å². The third-order valence-electron chi connectivity index (χ3n) is 1.87. The van der Waals surface area contributed by atoms with Crippen molar-refractivity contribution < 1.29 is 8.78 Å². The molecule has 0 aromatic heterocycles. The molecule has 0 spiro atoms. The summed E-state index contributed by atoms with van der Waals surface area (Å²) >= 11 is 3.11. The molecule has 0 saturated carbocycles. The Hall–Kier alpha value is -0.680. The molecule has 0 fully saturated rings. The van der Waals surface area contributed by atoms with Crippen molar-refractivity contribution in [3.8, 4) is 0 Å². The van der Waals surface area contributed by atoms with Gasteiger partial charge in [-0.25, -0.2) is 8.78 Å². The van der Waals surface area contributed by atoms with E-state index in [0.717, 1.165) is 12.6 Å². The quantitative estimate of drug-likeness (QED) is 0.852. The first kappa shape index (κ1) is 12.4. The molecule has 0 amide bonds. The van der Waals surface area contributed by atoms with Crippen molar-refractivity contribution in [1.82, 2.24) is 4.90 Å². The molecule has 1 N–H and O–H groups in total. The summed E-state index contributed by atoms with van der Waals surface area (Å²) < 4.78 is 26.7. The zero-order valence-electron chi connectivity index (χ0n) is 8.65. The third kappa shape index (κ3) is 3.76. The molecule has 0 aliphatic carbocycles. The molecule has 0 atom stereocenters. The number of anilines is 1. The van der Waals surface area contributed by atoms with Crippen LogP contribution < -0.4 is 5.32 Å². The minimum absolute atomic E-state index is 0.184. The predicted molar refractivity (Wildman–Crippen MR) is 61.1 cm³/mol. The van der Waals surface area contributed by atoms with E-state index in [1.807, 2.05) is 19.0 Å². The normalized spacial score (nSPS) is 10.8. The standard InChI is InChI=1S/C10H13BrF2N2/c1-15(2)4-3-14-9-6-7(11)5-8(12)10(9)13/h5-6,14H,3-4H2,1-2H3. The summed E-state index contributed by atoms with van der Waals surface area (Å²) in [6.45, 7) is 1.33. The van der Waals surface area contributed by atoms with Gasteiger partial charge in [0.15, 0.2) is 11.6 Å². The molecule has 2 nitrogen and oxygen atoms in total. The first-order valence-corrected chi connectivity index (χ1v) is 5.33. The Balaban J connectivity index is 2.68. The summed E-state index contributed by atoms with van der Waals surface area (Å²) in [6.07, 6.45) is 0. The molecule has 0 aliphatic heterocycles. The fourth-order valence-corrected chi connectivity index (χ4v) is 1.53. The van der Waals surface area contributed by atoms with E-state index in [4.69, 9.17) is 0 Å². The van der Waals surface area contributed by atoms with Gasteiger partial charge < -0.3 is 10.2 Å². The van der Waals surface area contributed by atoms with Crippen molar-refractivity contribution >= 4 is 21.6 Å². The lowest BCUT2D eigenvalue weighted by Gasteiger charge is -2.12. The highest BCUT2D eigenvalue weighted by atomic mass is 79.9. The summed E-state index contributed by atoms with van der Waals surface area (Å²) in [4.78, 5) is 1.96. The Morgan fingerprint density at radius 2 is 2.00 bits per heavy atom. The second kappa shape index (κ2) is 5.42. The number of nitrogens with one attached hydrogen (secondary N) is 1. The summed E-state index contributed by atoms with van der Waals surface area (Å²) in [5, 5.41) is 2.84. The molecule has 1 rings (SSSR count). The van der Waals surface area contributed by atoms with E-state index in [1.54, 1.807) is 0 Å². The third-order valence-corrected chi connectivity index (χ3v) is 2.33. The van der Waals surface area contributed by atoms with Gasteiger partial charge in [-0.2, -0.15) is 0 Å². The van der Waals surface area contributed by atoms with E-state index in [0.29, 0.717) is 11.0 Å². The lowest BCUT2D eigenvalue weighted by atomic mass is 10.3. The molecule has 15 heavy (non-hydrogen) atoms. The number of rotatable bonds is 4. The number of likely N-dealkylation sites (N-methyl/N-ethyl adjacent to an activating group) is 1. The Bertz CT molecular complexity index is 342. The Kier molecular flexibility index (Phi) is 4.47. The maximum Gasteiger partial charge on any atom is 0.181 e. The molecule has 0 unspecified atom stereocenters. The zero-order valence-corrected chi connectivity index (χ0v) is 10.2. The minimum Gasteiger partial charge on any atom is -0.381 e. The Labute approximate surface area is 96.4 Å². The summed E-state index contributed by atoms with van der Waals surface area (Å²) in [5.41, 5.74) is 0.184. The minimum atomic E-state index is -0.850. The summed E-state index contributed by atoms with van der Waals surface area (Å²) in [5.74, 6) is -1.69. The van der Waals surface area contributed by atoms with Gasteiger partial charge in [-0.3, -0.25) is 0 Å². The molecule has 1 aromatic carbocycles. The van der Waals surface area contributed by atoms with E-state index in [2.05, 4.69) is 21.2 Å². The van der Waals surface area contributed by atoms with Gasteiger partial charge in [-0.1, -0.05) is 15.9 Å². The van der Waals surface area contributed by atoms with E-state index < -0.39 is 11.6 Å². The first-order valence-electron chi connectivity index (χ1n) is 4.54. The van der Waals surface area contributed by atoms with Crippen LogP contribution in [-0.2, 0) is 0 Å². The average molecular weight is 279 g/mol. The maximum absolute atomic E-state index is 13.2. The van der Waals surface area contributed by atoms with Crippen LogP contribution in [0.2, 0.25) is 0 Å². The maximum atomic E-state index is 13.2. The average Bonchev–Trinajstić information content (AvgIpc) is 2.12. The van der Waals surface area contributed by atoms with Crippen LogP contribution in [0.3, 0.4) is 0 Å². The molecule has 1 aromatic rings. The van der Waals surface area contributed by atoms with Gasteiger partial charge in [-0.05, 0) is 26.2 Å². The monoisotopic (exact) mass is 278 g/mol. The lowest BCUT2D eigenvalue weighted by Crippen LogP contribution is -2.21. The molecule has 0 saturated heterocycles. The fourth-order valence-electron chi connectivity index (χ4n) is 1.10. The predicted octanol–water partition coefficient (Wildman–Crippen LogP) is 2.70. The summed E-state index contributed by atoms with van der Waals surface area (Å²) in [7, 11) is 3.83. The smallest absolute Gasteiger partial charge is 0.181 e. The lowest BCUT2D eigenvalue weighted by molar-refractivity contribution is 0.424. The molecule has 0 heterocycles. The highest BCUT2D eigenvalue weighted by Gasteiger charge is 2.09. The first-order chi connectivity index (χ1) is 7.00. The highest BCUT2D eigenvalue weighted by molar-refractivity contribution is 9.10. The molecule has 84 valence electrons. The van der Waals surface area contributed by atoms with Crippen LogP contribution in [0.1, 0.15) is 0 Å². The molecule has 0 radical (unpaired) electrons. The second-order valence-corrected chi connectivity index (χ2v) is 4.39. The Morgan fingerprint density at radius 3 is 2.60 bits per heavy atom. The van der Waals surface area contributed by atoms with Gasteiger partial charge >= 0.3 is 0 Å². The number of nitrogens with zero attached hydrogens (tertiary/aromatic N) is 1. The number of halogens is 3. The molecular weight excluding hydrogens is 266 g/mol. The van der Waals surface area contributed by atoms with Crippen LogP contribution >= 0.6 is 15.9 Å². The topological polar surface area (TPSA) is 15.3 Å². The van der Waals surface area contributed by atoms with Gasteiger partial charge in [0.25, 0.3) is 0 Å². The molecule has 0 aliphatic rings. The molecule has 5 heteroatoms. The van der Waals surface area contributed by atoms with Crippen LogP contribution in [0.15, 0.2) is 16.6 Å². The van der Waals surface area contributed by atoms with Crippen LogP contribution in [0, 0.1) is 11.6 Å². The number of hydrogen-bond acceptors (Lipinski definition) is 2. The van der Waals surface area contributed by atoms with Gasteiger partial charge in [0.2, 0.25) is 0 Å². The van der Waals surface area contributed by atoms with E-state index in [9.17, 15) is 8.78 Å². The number of hydrogen-bond donors (Lipinski definition) is 1. The number of benzene rings is 1. The van der Waals surface area contributed by atoms with Crippen molar-refractivity contribution in [2.75, 3.05) is 32.5 Å². The van der Waals surface area contributed by atoms with Crippen LogP contribution in [-0.4, -0.2) is 32.1 Å². The highest BCUT2D eigenvalue weighted by Crippen LogP contribution is 2.22. The van der Waals surface area contributed by atoms with Crippen LogP contribution in [0.4, 0.5) is 14.5 Å². The SMILES string of the molecule is CN(C)CCNc1cc(Br)cc(F)c1F. The fraction of sp³-hybridized carbons (Fsp3) is 0.400. The van der Waals surface area contributed by atoms with Crippen LogP contribution in [0.25, 0.3) is 0 Å². The largest absolute Gasteiger partial charge is 0.381 e. The summed E-state index contributed by atoms with van der Waals surface area (Å²) in [6, 6.07) is 2.63.